The molecule has 104 valence electrons. The number of nitrogens with one attached hydrogen (secondary N) is 2. The fraction of sp³-hybridized carbons (Fsp3) is 0.438. The Balaban J connectivity index is 1.54. The lowest BCUT2D eigenvalue weighted by Gasteiger charge is -2.23. The first-order valence-corrected chi connectivity index (χ1v) is 7.23. The average Bonchev–Trinajstić information content (AvgIpc) is 3.14. The van der Waals surface area contributed by atoms with Crippen molar-refractivity contribution in [2.75, 3.05) is 6.54 Å². The van der Waals surface area contributed by atoms with E-state index in [9.17, 15) is 4.79 Å². The van der Waals surface area contributed by atoms with Crippen LogP contribution in [0.15, 0.2) is 28.9 Å². The first-order chi connectivity index (χ1) is 9.70. The zero-order chi connectivity index (χ0) is 13.7. The Morgan fingerprint density at radius 1 is 1.40 bits per heavy atom. The van der Waals surface area contributed by atoms with Crippen LogP contribution in [0, 0.1) is 12.8 Å². The maximum atomic E-state index is 12.4. The number of furan rings is 1. The molecule has 1 aromatic carbocycles. The molecule has 3 unspecified atom stereocenters. The molecule has 2 bridgehead atoms. The smallest absolute Gasteiger partial charge is 0.251 e. The Bertz CT molecular complexity index is 676. The van der Waals surface area contributed by atoms with Crippen molar-refractivity contribution < 1.29 is 9.21 Å². The first kappa shape index (κ1) is 12.0. The van der Waals surface area contributed by atoms with Crippen LogP contribution in [0.1, 0.15) is 28.8 Å². The van der Waals surface area contributed by atoms with Gasteiger partial charge in [0.1, 0.15) is 5.58 Å². The summed E-state index contributed by atoms with van der Waals surface area (Å²) in [7, 11) is 0. The standard InChI is InChI=1S/C16H18N2O2/c1-9-8-20-15-5-10(2-3-13(9)15)16(19)18-14-6-12-4-11(14)7-17-12/h2-3,5,8,11-12,14,17H,4,6-7H2,1H3,(H,18,19). The number of rotatable bonds is 2. The third-order valence-corrected chi connectivity index (χ3v) is 4.71. The van der Waals surface area contributed by atoms with E-state index in [1.165, 1.54) is 6.42 Å². The maximum absolute atomic E-state index is 12.4. The molecule has 2 N–H and O–H groups in total. The molecule has 4 nitrogen and oxygen atoms in total. The summed E-state index contributed by atoms with van der Waals surface area (Å²) in [4.78, 5) is 12.4. The number of carbonyl (C=O) groups excluding carboxylic acids is 1. The second-order valence-corrected chi connectivity index (χ2v) is 6.05. The van der Waals surface area contributed by atoms with Gasteiger partial charge in [0.2, 0.25) is 0 Å². The summed E-state index contributed by atoms with van der Waals surface area (Å²) in [5.74, 6) is 0.608. The van der Waals surface area contributed by atoms with Gasteiger partial charge in [-0.15, -0.1) is 0 Å². The highest BCUT2D eigenvalue weighted by Gasteiger charge is 2.40. The van der Waals surface area contributed by atoms with Gasteiger partial charge >= 0.3 is 0 Å². The van der Waals surface area contributed by atoms with Crippen molar-refractivity contribution in [2.45, 2.75) is 31.8 Å². The van der Waals surface area contributed by atoms with Gasteiger partial charge in [-0.25, -0.2) is 0 Å². The number of amides is 1. The minimum Gasteiger partial charge on any atom is -0.464 e. The predicted molar refractivity (Wildman–Crippen MR) is 76.7 cm³/mol. The molecule has 2 heterocycles. The summed E-state index contributed by atoms with van der Waals surface area (Å²) in [5, 5.41) is 7.71. The van der Waals surface area contributed by atoms with Crippen LogP contribution in [-0.4, -0.2) is 24.5 Å². The summed E-state index contributed by atoms with van der Waals surface area (Å²) in [5.41, 5.74) is 2.57. The molecule has 1 amide bonds. The SMILES string of the molecule is Cc1coc2cc(C(=O)NC3CC4CC3CN4)ccc12. The van der Waals surface area contributed by atoms with Crippen LogP contribution in [0.4, 0.5) is 0 Å². The Labute approximate surface area is 117 Å². The van der Waals surface area contributed by atoms with Crippen molar-refractivity contribution in [3.05, 3.63) is 35.6 Å². The molecule has 0 radical (unpaired) electrons. The van der Waals surface area contributed by atoms with Gasteiger partial charge in [0.25, 0.3) is 5.91 Å². The fourth-order valence-corrected chi connectivity index (χ4v) is 3.57. The van der Waals surface area contributed by atoms with E-state index in [2.05, 4.69) is 10.6 Å². The van der Waals surface area contributed by atoms with Crippen LogP contribution in [0.5, 0.6) is 0 Å². The van der Waals surface area contributed by atoms with Crippen LogP contribution >= 0.6 is 0 Å². The molecule has 2 aromatic rings. The highest BCUT2D eigenvalue weighted by Crippen LogP contribution is 2.31. The van der Waals surface area contributed by atoms with Gasteiger partial charge in [-0.3, -0.25) is 4.79 Å². The second-order valence-electron chi connectivity index (χ2n) is 6.05. The molecule has 1 saturated heterocycles. The lowest BCUT2D eigenvalue weighted by Crippen LogP contribution is -2.44. The lowest BCUT2D eigenvalue weighted by atomic mass is 10.0. The van der Waals surface area contributed by atoms with E-state index >= 15 is 0 Å². The zero-order valence-electron chi connectivity index (χ0n) is 11.5. The van der Waals surface area contributed by atoms with Crippen molar-refractivity contribution in [1.29, 1.82) is 0 Å². The van der Waals surface area contributed by atoms with Gasteiger partial charge in [-0.2, -0.15) is 0 Å². The zero-order valence-corrected chi connectivity index (χ0v) is 11.5. The molecule has 0 spiro atoms. The minimum atomic E-state index is 0.0125. The molecule has 1 saturated carbocycles. The molecule has 2 aliphatic rings. The molecular weight excluding hydrogens is 252 g/mol. The minimum absolute atomic E-state index is 0.0125. The van der Waals surface area contributed by atoms with Gasteiger partial charge in [0, 0.05) is 29.6 Å². The number of hydrogen-bond donors (Lipinski definition) is 2. The van der Waals surface area contributed by atoms with Crippen molar-refractivity contribution in [3.63, 3.8) is 0 Å². The van der Waals surface area contributed by atoms with Gasteiger partial charge in [0.05, 0.1) is 6.26 Å². The first-order valence-electron chi connectivity index (χ1n) is 7.23. The lowest BCUT2D eigenvalue weighted by molar-refractivity contribution is 0.0925. The Kier molecular flexibility index (Phi) is 2.60. The monoisotopic (exact) mass is 270 g/mol. The number of aryl methyl sites for hydroxylation is 1. The van der Waals surface area contributed by atoms with E-state index in [-0.39, 0.29) is 5.91 Å². The number of piperidine rings is 1. The number of fused-ring (bicyclic) bond motifs is 3. The third kappa shape index (κ3) is 1.83. The molecule has 1 aliphatic carbocycles. The Morgan fingerprint density at radius 2 is 2.30 bits per heavy atom. The van der Waals surface area contributed by atoms with E-state index in [0.29, 0.717) is 23.6 Å². The van der Waals surface area contributed by atoms with Gasteiger partial charge < -0.3 is 15.1 Å². The van der Waals surface area contributed by atoms with E-state index in [0.717, 1.165) is 29.5 Å². The van der Waals surface area contributed by atoms with Gasteiger partial charge in [0.15, 0.2) is 0 Å². The molecular formula is C16H18N2O2. The molecule has 2 fully saturated rings. The fourth-order valence-electron chi connectivity index (χ4n) is 3.57. The molecule has 4 heteroatoms. The number of hydrogen-bond acceptors (Lipinski definition) is 3. The van der Waals surface area contributed by atoms with Gasteiger partial charge in [-0.1, -0.05) is 6.07 Å². The summed E-state index contributed by atoms with van der Waals surface area (Å²) in [6.45, 7) is 3.04. The normalized spacial score (nSPS) is 28.1. The molecule has 3 atom stereocenters. The third-order valence-electron chi connectivity index (χ3n) is 4.71. The van der Waals surface area contributed by atoms with Crippen LogP contribution in [0.25, 0.3) is 11.0 Å². The van der Waals surface area contributed by atoms with Crippen LogP contribution in [-0.2, 0) is 0 Å². The molecule has 4 rings (SSSR count). The van der Waals surface area contributed by atoms with Crippen molar-refractivity contribution >= 4 is 16.9 Å². The Hall–Kier alpha value is -1.81. The number of benzene rings is 1. The molecule has 20 heavy (non-hydrogen) atoms. The highest BCUT2D eigenvalue weighted by atomic mass is 16.3. The predicted octanol–water partition coefficient (Wildman–Crippen LogP) is 2.22. The van der Waals surface area contributed by atoms with Crippen molar-refractivity contribution in [2.24, 2.45) is 5.92 Å². The van der Waals surface area contributed by atoms with Crippen LogP contribution in [0.3, 0.4) is 0 Å². The highest BCUT2D eigenvalue weighted by molar-refractivity contribution is 5.98. The topological polar surface area (TPSA) is 54.3 Å². The molecule has 1 aliphatic heterocycles. The Morgan fingerprint density at radius 3 is 3.05 bits per heavy atom. The van der Waals surface area contributed by atoms with E-state index in [1.807, 2.05) is 25.1 Å². The van der Waals surface area contributed by atoms with Gasteiger partial charge in [-0.05, 0) is 43.4 Å². The number of carbonyl (C=O) groups is 1. The van der Waals surface area contributed by atoms with Crippen molar-refractivity contribution in [1.82, 2.24) is 10.6 Å². The van der Waals surface area contributed by atoms with E-state index in [1.54, 1.807) is 6.26 Å². The van der Waals surface area contributed by atoms with E-state index in [4.69, 9.17) is 4.42 Å². The van der Waals surface area contributed by atoms with E-state index < -0.39 is 0 Å². The maximum Gasteiger partial charge on any atom is 0.251 e. The summed E-state index contributed by atoms with van der Waals surface area (Å²) in [6, 6.07) is 6.60. The summed E-state index contributed by atoms with van der Waals surface area (Å²) in [6.07, 6.45) is 3.98. The quantitative estimate of drug-likeness (QED) is 0.879. The molecule has 1 aromatic heterocycles. The van der Waals surface area contributed by atoms with Crippen LogP contribution < -0.4 is 10.6 Å². The van der Waals surface area contributed by atoms with Crippen molar-refractivity contribution in [3.8, 4) is 0 Å². The second kappa shape index (κ2) is 4.35. The summed E-state index contributed by atoms with van der Waals surface area (Å²) >= 11 is 0. The van der Waals surface area contributed by atoms with Crippen LogP contribution in [0.2, 0.25) is 0 Å². The average molecular weight is 270 g/mol. The largest absolute Gasteiger partial charge is 0.464 e. The summed E-state index contributed by atoms with van der Waals surface area (Å²) < 4.78 is 5.47.